The second-order valence-corrected chi connectivity index (χ2v) is 5.13. The van der Waals surface area contributed by atoms with Crippen molar-refractivity contribution in [3.63, 3.8) is 0 Å². The number of rotatable bonds is 2. The highest BCUT2D eigenvalue weighted by Gasteiger charge is 2.34. The normalized spacial score (nSPS) is 25.4. The molecular formula is C14H19N3O2. The van der Waals surface area contributed by atoms with Gasteiger partial charge in [0.05, 0.1) is 24.0 Å². The minimum Gasteiger partial charge on any atom is -0.394 e. The third-order valence-corrected chi connectivity index (χ3v) is 3.92. The summed E-state index contributed by atoms with van der Waals surface area (Å²) < 4.78 is 0. The van der Waals surface area contributed by atoms with E-state index < -0.39 is 0 Å². The quantitative estimate of drug-likeness (QED) is 0.739. The van der Waals surface area contributed by atoms with Gasteiger partial charge in [0.25, 0.3) is 0 Å². The molecule has 19 heavy (non-hydrogen) atoms. The highest BCUT2D eigenvalue weighted by atomic mass is 16.3. The average molecular weight is 261 g/mol. The number of benzene rings is 1. The molecule has 2 heterocycles. The molecule has 1 saturated heterocycles. The Morgan fingerprint density at radius 3 is 2.95 bits per heavy atom. The van der Waals surface area contributed by atoms with Gasteiger partial charge in [-0.15, -0.1) is 0 Å². The van der Waals surface area contributed by atoms with Gasteiger partial charge in [-0.3, -0.25) is 4.79 Å². The second-order valence-electron chi connectivity index (χ2n) is 5.13. The summed E-state index contributed by atoms with van der Waals surface area (Å²) in [5.74, 6) is 0.0820. The van der Waals surface area contributed by atoms with E-state index in [-0.39, 0.29) is 24.6 Å². The van der Waals surface area contributed by atoms with Crippen LogP contribution in [0, 0.1) is 0 Å². The van der Waals surface area contributed by atoms with E-state index in [1.54, 1.807) is 0 Å². The van der Waals surface area contributed by atoms with Gasteiger partial charge in [-0.2, -0.15) is 0 Å². The SMILES string of the molecule is O=C(C1CNc2ccccc2N1)N1CCCC1CO. The van der Waals surface area contributed by atoms with E-state index in [0.717, 1.165) is 30.8 Å². The molecule has 0 bridgehead atoms. The van der Waals surface area contributed by atoms with E-state index in [1.807, 2.05) is 29.2 Å². The van der Waals surface area contributed by atoms with Gasteiger partial charge in [-0.05, 0) is 25.0 Å². The lowest BCUT2D eigenvalue weighted by atomic mass is 10.1. The maximum atomic E-state index is 12.5. The molecule has 1 fully saturated rings. The Balaban J connectivity index is 1.72. The minimum absolute atomic E-state index is 0.00790. The van der Waals surface area contributed by atoms with Crippen molar-refractivity contribution in [3.8, 4) is 0 Å². The predicted molar refractivity (Wildman–Crippen MR) is 74.2 cm³/mol. The maximum Gasteiger partial charge on any atom is 0.247 e. The van der Waals surface area contributed by atoms with Crippen molar-refractivity contribution in [2.24, 2.45) is 0 Å². The zero-order chi connectivity index (χ0) is 13.2. The van der Waals surface area contributed by atoms with Crippen molar-refractivity contribution in [1.82, 2.24) is 4.90 Å². The van der Waals surface area contributed by atoms with Gasteiger partial charge in [-0.1, -0.05) is 12.1 Å². The van der Waals surface area contributed by atoms with Crippen LogP contribution in [0.15, 0.2) is 24.3 Å². The smallest absolute Gasteiger partial charge is 0.247 e. The largest absolute Gasteiger partial charge is 0.394 e. The van der Waals surface area contributed by atoms with Gasteiger partial charge in [0.15, 0.2) is 0 Å². The van der Waals surface area contributed by atoms with Crippen LogP contribution in [-0.2, 0) is 4.79 Å². The molecule has 5 nitrogen and oxygen atoms in total. The molecule has 0 spiro atoms. The fourth-order valence-electron chi connectivity index (χ4n) is 2.88. The summed E-state index contributed by atoms with van der Waals surface area (Å²) in [5.41, 5.74) is 2.00. The molecular weight excluding hydrogens is 242 g/mol. The number of amides is 1. The van der Waals surface area contributed by atoms with Crippen molar-refractivity contribution in [3.05, 3.63) is 24.3 Å². The highest BCUT2D eigenvalue weighted by Crippen LogP contribution is 2.27. The Kier molecular flexibility index (Phi) is 3.29. The van der Waals surface area contributed by atoms with E-state index in [9.17, 15) is 9.90 Å². The van der Waals surface area contributed by atoms with Crippen molar-refractivity contribution in [2.75, 3.05) is 30.3 Å². The Morgan fingerprint density at radius 1 is 1.37 bits per heavy atom. The molecule has 2 aliphatic rings. The summed E-state index contributed by atoms with van der Waals surface area (Å²) in [5, 5.41) is 15.9. The number of hydrogen-bond donors (Lipinski definition) is 3. The van der Waals surface area contributed by atoms with Crippen LogP contribution in [-0.4, -0.2) is 47.7 Å². The number of nitrogens with one attached hydrogen (secondary N) is 2. The molecule has 1 aromatic rings. The Bertz CT molecular complexity index is 478. The number of para-hydroxylation sites is 2. The summed E-state index contributed by atoms with van der Waals surface area (Å²) in [6.07, 6.45) is 1.88. The highest BCUT2D eigenvalue weighted by molar-refractivity contribution is 5.89. The second kappa shape index (κ2) is 5.09. The molecule has 3 N–H and O–H groups in total. The topological polar surface area (TPSA) is 64.6 Å². The van der Waals surface area contributed by atoms with Crippen molar-refractivity contribution in [1.29, 1.82) is 0 Å². The molecule has 1 aromatic carbocycles. The van der Waals surface area contributed by atoms with Crippen molar-refractivity contribution in [2.45, 2.75) is 24.9 Å². The lowest BCUT2D eigenvalue weighted by molar-refractivity contribution is -0.133. The van der Waals surface area contributed by atoms with Gasteiger partial charge in [0.1, 0.15) is 6.04 Å². The van der Waals surface area contributed by atoms with E-state index in [1.165, 1.54) is 0 Å². The number of aliphatic hydroxyl groups excluding tert-OH is 1. The molecule has 102 valence electrons. The van der Waals surface area contributed by atoms with Crippen LogP contribution in [0.5, 0.6) is 0 Å². The van der Waals surface area contributed by atoms with Crippen LogP contribution in [0.25, 0.3) is 0 Å². The van der Waals surface area contributed by atoms with Crippen molar-refractivity contribution < 1.29 is 9.90 Å². The van der Waals surface area contributed by atoms with Gasteiger partial charge in [-0.25, -0.2) is 0 Å². The molecule has 2 aliphatic heterocycles. The molecule has 2 atom stereocenters. The molecule has 5 heteroatoms. The number of hydrogen-bond acceptors (Lipinski definition) is 4. The van der Waals surface area contributed by atoms with Gasteiger partial charge in [0, 0.05) is 13.1 Å². The average Bonchev–Trinajstić information content (AvgIpc) is 2.94. The Morgan fingerprint density at radius 2 is 2.16 bits per heavy atom. The van der Waals surface area contributed by atoms with Gasteiger partial charge in [0.2, 0.25) is 5.91 Å². The van der Waals surface area contributed by atoms with Gasteiger partial charge < -0.3 is 20.6 Å². The van der Waals surface area contributed by atoms with Crippen LogP contribution in [0.3, 0.4) is 0 Å². The van der Waals surface area contributed by atoms with Crippen molar-refractivity contribution >= 4 is 17.3 Å². The van der Waals surface area contributed by atoms with Crippen LogP contribution in [0.1, 0.15) is 12.8 Å². The Hall–Kier alpha value is -1.75. The standard InChI is InChI=1S/C14H19N3O2/c18-9-10-4-3-7-17(10)14(19)13-8-15-11-5-1-2-6-12(11)16-13/h1-2,5-6,10,13,15-16,18H,3-4,7-9H2. The lowest BCUT2D eigenvalue weighted by Gasteiger charge is -2.32. The zero-order valence-corrected chi connectivity index (χ0v) is 10.8. The van der Waals surface area contributed by atoms with Crippen LogP contribution in [0.4, 0.5) is 11.4 Å². The molecule has 0 aromatic heterocycles. The van der Waals surface area contributed by atoms with E-state index >= 15 is 0 Å². The summed E-state index contributed by atoms with van der Waals surface area (Å²) >= 11 is 0. The van der Waals surface area contributed by atoms with E-state index in [2.05, 4.69) is 10.6 Å². The number of carbonyl (C=O) groups is 1. The predicted octanol–water partition coefficient (Wildman–Crippen LogP) is 0.876. The molecule has 0 saturated carbocycles. The lowest BCUT2D eigenvalue weighted by Crippen LogP contribution is -2.50. The number of carbonyl (C=O) groups excluding carboxylic acids is 1. The van der Waals surface area contributed by atoms with E-state index in [0.29, 0.717) is 6.54 Å². The zero-order valence-electron chi connectivity index (χ0n) is 10.8. The fraction of sp³-hybridized carbons (Fsp3) is 0.500. The summed E-state index contributed by atoms with van der Waals surface area (Å²) in [6, 6.07) is 7.63. The first kappa shape index (κ1) is 12.3. The van der Waals surface area contributed by atoms with E-state index in [4.69, 9.17) is 0 Å². The maximum absolute atomic E-state index is 12.5. The van der Waals surface area contributed by atoms with Crippen LogP contribution >= 0.6 is 0 Å². The summed E-state index contributed by atoms with van der Waals surface area (Å²) in [6.45, 7) is 1.40. The Labute approximate surface area is 112 Å². The fourth-order valence-corrected chi connectivity index (χ4v) is 2.88. The molecule has 0 radical (unpaired) electrons. The first-order chi connectivity index (χ1) is 9.29. The molecule has 3 rings (SSSR count). The first-order valence-electron chi connectivity index (χ1n) is 6.80. The molecule has 0 aliphatic carbocycles. The third-order valence-electron chi connectivity index (χ3n) is 3.92. The minimum atomic E-state index is -0.248. The van der Waals surface area contributed by atoms with Crippen LogP contribution < -0.4 is 10.6 Å². The number of likely N-dealkylation sites (tertiary alicyclic amines) is 1. The number of fused-ring (bicyclic) bond motifs is 1. The van der Waals surface area contributed by atoms with Crippen LogP contribution in [0.2, 0.25) is 0 Å². The first-order valence-corrected chi connectivity index (χ1v) is 6.80. The summed E-state index contributed by atoms with van der Waals surface area (Å²) in [4.78, 5) is 14.3. The summed E-state index contributed by atoms with van der Waals surface area (Å²) in [7, 11) is 0. The molecule has 2 unspecified atom stereocenters. The van der Waals surface area contributed by atoms with Gasteiger partial charge >= 0.3 is 0 Å². The third kappa shape index (κ3) is 2.26. The number of anilines is 2. The molecule has 1 amide bonds. The monoisotopic (exact) mass is 261 g/mol. The number of aliphatic hydroxyl groups is 1. The number of nitrogens with zero attached hydrogens (tertiary/aromatic N) is 1.